The van der Waals surface area contributed by atoms with E-state index in [1.807, 2.05) is 32.3 Å². The number of aromatic amines is 1. The molecular weight excluding hydrogens is 274 g/mol. The molecule has 0 bridgehead atoms. The maximum absolute atomic E-state index is 11.5. The second-order valence-electron chi connectivity index (χ2n) is 4.33. The third-order valence-electron chi connectivity index (χ3n) is 3.12. The van der Waals surface area contributed by atoms with E-state index in [9.17, 15) is 4.79 Å². The first kappa shape index (κ1) is 14.8. The molecule has 0 amide bonds. The van der Waals surface area contributed by atoms with Crippen LogP contribution in [0, 0.1) is 0 Å². The molecule has 2 heterocycles. The fourth-order valence-corrected chi connectivity index (χ4v) is 2.85. The minimum atomic E-state index is -0.180. The summed E-state index contributed by atoms with van der Waals surface area (Å²) in [5.74, 6) is 0. The highest BCUT2D eigenvalue weighted by Gasteiger charge is 2.11. The van der Waals surface area contributed by atoms with Gasteiger partial charge in [-0.1, -0.05) is 6.92 Å². The molecule has 7 heteroatoms. The highest BCUT2D eigenvalue weighted by Crippen LogP contribution is 2.25. The third kappa shape index (κ3) is 3.10. The molecule has 1 atom stereocenters. The number of H-pyrrole nitrogens is 1. The molecule has 0 aromatic carbocycles. The average molecular weight is 293 g/mol. The van der Waals surface area contributed by atoms with Crippen LogP contribution in [0.5, 0.6) is 0 Å². The van der Waals surface area contributed by atoms with Gasteiger partial charge in [0.1, 0.15) is 0 Å². The maximum atomic E-state index is 11.5. The van der Waals surface area contributed by atoms with Gasteiger partial charge in [0.2, 0.25) is 0 Å². The molecule has 0 aliphatic heterocycles. The lowest BCUT2D eigenvalue weighted by molar-refractivity contribution is 0.561. The number of aromatic nitrogens is 4. The highest BCUT2D eigenvalue weighted by atomic mass is 32.2. The van der Waals surface area contributed by atoms with Crippen molar-refractivity contribution in [1.82, 2.24) is 25.1 Å². The van der Waals surface area contributed by atoms with Crippen molar-refractivity contribution in [2.45, 2.75) is 42.9 Å². The Morgan fingerprint density at radius 1 is 1.45 bits per heavy atom. The van der Waals surface area contributed by atoms with Crippen molar-refractivity contribution >= 4 is 11.8 Å². The molecule has 2 aromatic rings. The van der Waals surface area contributed by atoms with Crippen LogP contribution in [0.3, 0.4) is 0 Å². The van der Waals surface area contributed by atoms with E-state index in [4.69, 9.17) is 0 Å². The van der Waals surface area contributed by atoms with Crippen LogP contribution in [0.2, 0.25) is 0 Å². The Morgan fingerprint density at radius 2 is 2.25 bits per heavy atom. The fourth-order valence-electron chi connectivity index (χ4n) is 1.98. The average Bonchev–Trinajstić information content (AvgIpc) is 2.82. The largest absolute Gasteiger partial charge is 0.343 e. The van der Waals surface area contributed by atoms with E-state index in [1.165, 1.54) is 11.8 Å². The minimum Gasteiger partial charge on any atom is -0.312 e. The number of rotatable bonds is 6. The Hall–Kier alpha value is -1.60. The van der Waals surface area contributed by atoms with Gasteiger partial charge in [-0.25, -0.2) is 9.89 Å². The molecule has 0 spiro atoms. The first-order valence-corrected chi connectivity index (χ1v) is 7.47. The molecule has 0 aliphatic carbocycles. The van der Waals surface area contributed by atoms with Crippen LogP contribution < -0.4 is 11.0 Å². The standard InChI is InChI=1S/C13H19N5OS/c1-4-10(14-3)11-7-6-9(8-15-11)20-13-17-16-12(19)18(13)5-2/h6-8,10,14H,4-5H2,1-3H3,(H,16,19). The normalized spacial score (nSPS) is 12.6. The van der Waals surface area contributed by atoms with Crippen molar-refractivity contribution in [3.63, 3.8) is 0 Å². The van der Waals surface area contributed by atoms with Crippen LogP contribution >= 0.6 is 11.8 Å². The van der Waals surface area contributed by atoms with Gasteiger partial charge in [-0.3, -0.25) is 9.55 Å². The van der Waals surface area contributed by atoms with Crippen molar-refractivity contribution in [1.29, 1.82) is 0 Å². The van der Waals surface area contributed by atoms with Gasteiger partial charge in [0.15, 0.2) is 5.16 Å². The van der Waals surface area contributed by atoms with Gasteiger partial charge >= 0.3 is 5.69 Å². The summed E-state index contributed by atoms with van der Waals surface area (Å²) in [7, 11) is 1.93. The quantitative estimate of drug-likeness (QED) is 0.849. The van der Waals surface area contributed by atoms with E-state index in [-0.39, 0.29) is 11.7 Å². The summed E-state index contributed by atoms with van der Waals surface area (Å²) >= 11 is 1.43. The van der Waals surface area contributed by atoms with Crippen LogP contribution in [0.25, 0.3) is 0 Å². The van der Waals surface area contributed by atoms with Gasteiger partial charge in [0, 0.05) is 23.7 Å². The summed E-state index contributed by atoms with van der Waals surface area (Å²) in [6.45, 7) is 4.64. The van der Waals surface area contributed by atoms with E-state index >= 15 is 0 Å². The zero-order chi connectivity index (χ0) is 14.5. The van der Waals surface area contributed by atoms with E-state index in [0.29, 0.717) is 11.7 Å². The first-order valence-electron chi connectivity index (χ1n) is 6.65. The molecule has 0 radical (unpaired) electrons. The van der Waals surface area contributed by atoms with Crippen molar-refractivity contribution in [3.05, 3.63) is 34.5 Å². The first-order chi connectivity index (χ1) is 9.69. The van der Waals surface area contributed by atoms with E-state index in [1.54, 1.807) is 4.57 Å². The number of hydrogen-bond acceptors (Lipinski definition) is 5. The number of nitrogens with zero attached hydrogens (tertiary/aromatic N) is 3. The highest BCUT2D eigenvalue weighted by molar-refractivity contribution is 7.99. The molecule has 108 valence electrons. The van der Waals surface area contributed by atoms with E-state index in [2.05, 4.69) is 27.4 Å². The lowest BCUT2D eigenvalue weighted by atomic mass is 10.1. The van der Waals surface area contributed by atoms with Crippen molar-refractivity contribution in [2.24, 2.45) is 0 Å². The Morgan fingerprint density at radius 3 is 2.80 bits per heavy atom. The Balaban J connectivity index is 2.16. The van der Waals surface area contributed by atoms with Gasteiger partial charge in [-0.2, -0.15) is 0 Å². The molecule has 1 unspecified atom stereocenters. The molecule has 2 aromatic heterocycles. The van der Waals surface area contributed by atoms with Crippen LogP contribution in [0.15, 0.2) is 33.2 Å². The predicted octanol–water partition coefficient (Wildman–Crippen LogP) is 1.81. The molecule has 2 N–H and O–H groups in total. The second kappa shape index (κ2) is 6.71. The van der Waals surface area contributed by atoms with Crippen molar-refractivity contribution in [3.8, 4) is 0 Å². The second-order valence-corrected chi connectivity index (χ2v) is 5.37. The van der Waals surface area contributed by atoms with Crippen LogP contribution in [-0.4, -0.2) is 26.8 Å². The van der Waals surface area contributed by atoms with Crippen LogP contribution in [0.4, 0.5) is 0 Å². The molecule has 2 rings (SSSR count). The van der Waals surface area contributed by atoms with Gasteiger partial charge in [-0.15, -0.1) is 5.10 Å². The summed E-state index contributed by atoms with van der Waals surface area (Å²) in [6.07, 6.45) is 2.81. The molecular formula is C13H19N5OS. The summed E-state index contributed by atoms with van der Waals surface area (Å²) in [4.78, 5) is 16.9. The SMILES string of the molecule is CCC(NC)c1ccc(Sc2n[nH]c(=O)n2CC)cn1. The molecule has 0 fully saturated rings. The maximum Gasteiger partial charge on any atom is 0.343 e. The predicted molar refractivity (Wildman–Crippen MR) is 79.0 cm³/mol. The molecule has 0 aliphatic rings. The van der Waals surface area contributed by atoms with E-state index < -0.39 is 0 Å². The minimum absolute atomic E-state index is 0.180. The van der Waals surface area contributed by atoms with Gasteiger partial charge < -0.3 is 5.32 Å². The lowest BCUT2D eigenvalue weighted by Gasteiger charge is -2.13. The summed E-state index contributed by atoms with van der Waals surface area (Å²) in [6, 6.07) is 4.29. The fraction of sp³-hybridized carbons (Fsp3) is 0.462. The molecule has 20 heavy (non-hydrogen) atoms. The van der Waals surface area contributed by atoms with E-state index in [0.717, 1.165) is 17.0 Å². The topological polar surface area (TPSA) is 75.6 Å². The Kier molecular flexibility index (Phi) is 4.97. The summed E-state index contributed by atoms with van der Waals surface area (Å²) < 4.78 is 1.60. The smallest absolute Gasteiger partial charge is 0.312 e. The zero-order valence-corrected chi connectivity index (χ0v) is 12.7. The van der Waals surface area contributed by atoms with Crippen molar-refractivity contribution < 1.29 is 0 Å². The van der Waals surface area contributed by atoms with Crippen LogP contribution in [0.1, 0.15) is 32.0 Å². The molecule has 0 saturated heterocycles. The Bertz CT molecular complexity index is 600. The number of nitrogens with one attached hydrogen (secondary N) is 2. The van der Waals surface area contributed by atoms with Gasteiger partial charge in [0.25, 0.3) is 0 Å². The van der Waals surface area contributed by atoms with Gasteiger partial charge in [-0.05, 0) is 44.3 Å². The lowest BCUT2D eigenvalue weighted by Crippen LogP contribution is -2.16. The van der Waals surface area contributed by atoms with Crippen molar-refractivity contribution in [2.75, 3.05) is 7.05 Å². The summed E-state index contributed by atoms with van der Waals surface area (Å²) in [5.41, 5.74) is 0.843. The molecule has 0 saturated carbocycles. The summed E-state index contributed by atoms with van der Waals surface area (Å²) in [5, 5.41) is 10.4. The van der Waals surface area contributed by atoms with Gasteiger partial charge in [0.05, 0.1) is 5.69 Å². The zero-order valence-electron chi connectivity index (χ0n) is 11.9. The Labute approximate surface area is 122 Å². The third-order valence-corrected chi connectivity index (χ3v) is 4.09. The van der Waals surface area contributed by atoms with Crippen LogP contribution in [-0.2, 0) is 6.54 Å². The number of hydrogen-bond donors (Lipinski definition) is 2. The molecule has 6 nitrogen and oxygen atoms in total. The monoisotopic (exact) mass is 293 g/mol. The number of pyridine rings is 1.